The van der Waals surface area contributed by atoms with Gasteiger partial charge in [-0.1, -0.05) is 6.07 Å². The minimum atomic E-state index is -4.87. The monoisotopic (exact) mass is 428 g/mol. The molecule has 12 heteroatoms. The second kappa shape index (κ2) is 7.18. The van der Waals surface area contributed by atoms with Gasteiger partial charge in [0.2, 0.25) is 11.5 Å². The molecule has 0 unspecified atom stereocenters. The van der Waals surface area contributed by atoms with Crippen LogP contribution in [0.1, 0.15) is 31.4 Å². The van der Waals surface area contributed by atoms with Crippen molar-refractivity contribution in [3.05, 3.63) is 29.3 Å². The highest BCUT2D eigenvalue weighted by Crippen LogP contribution is 2.47. The van der Waals surface area contributed by atoms with E-state index in [0.29, 0.717) is 23.7 Å². The summed E-state index contributed by atoms with van der Waals surface area (Å²) < 4.78 is 45.0. The molecule has 3 rings (SSSR count). The molecule has 1 heterocycles. The van der Waals surface area contributed by atoms with Crippen LogP contribution < -0.4 is 10.6 Å². The molecule has 9 nitrogen and oxygen atoms in total. The van der Waals surface area contributed by atoms with Gasteiger partial charge in [-0.2, -0.15) is 13.2 Å². The smallest absolute Gasteiger partial charge is 0.426 e. The second-order valence-corrected chi connectivity index (χ2v) is 6.97. The largest absolute Gasteiger partial charge is 0.437 e. The summed E-state index contributed by atoms with van der Waals surface area (Å²) in [6, 6.07) is 1.65. The maximum absolute atomic E-state index is 13.2. The zero-order valence-corrected chi connectivity index (χ0v) is 16.3. The number of nitrogens with one attached hydrogen (secondary N) is 2. The highest BCUT2D eigenvalue weighted by atomic mass is 19.4. The van der Waals surface area contributed by atoms with E-state index in [9.17, 15) is 32.3 Å². The van der Waals surface area contributed by atoms with Gasteiger partial charge in [-0.05, 0) is 31.0 Å². The molecule has 1 aromatic rings. The number of anilines is 1. The molecule has 1 saturated heterocycles. The number of ether oxygens (including phenoxy) is 1. The Bertz CT molecular complexity index is 935. The fourth-order valence-corrected chi connectivity index (χ4v) is 3.64. The summed E-state index contributed by atoms with van der Waals surface area (Å²) in [5.74, 6) is -2.20. The highest BCUT2D eigenvalue weighted by molar-refractivity contribution is 6.05. The molecular formula is C18H19F3N4O5. The van der Waals surface area contributed by atoms with Crippen LogP contribution in [0.25, 0.3) is 0 Å². The van der Waals surface area contributed by atoms with E-state index in [4.69, 9.17) is 4.74 Å². The van der Waals surface area contributed by atoms with Gasteiger partial charge in [-0.3, -0.25) is 9.59 Å². The van der Waals surface area contributed by atoms with Crippen LogP contribution in [0.3, 0.4) is 0 Å². The van der Waals surface area contributed by atoms with Crippen LogP contribution in [-0.2, 0) is 26.3 Å². The van der Waals surface area contributed by atoms with Gasteiger partial charge in [0.05, 0.1) is 0 Å². The molecule has 30 heavy (non-hydrogen) atoms. The number of carbonyl (C=O) groups is 4. The molecule has 2 N–H and O–H groups in total. The number of nitrogens with zero attached hydrogens (tertiary/aromatic N) is 2. The van der Waals surface area contributed by atoms with Gasteiger partial charge >= 0.3 is 18.3 Å². The maximum Gasteiger partial charge on any atom is 0.437 e. The Kier molecular flexibility index (Phi) is 5.12. The van der Waals surface area contributed by atoms with Crippen molar-refractivity contribution in [3.8, 4) is 0 Å². The lowest BCUT2D eigenvalue weighted by molar-refractivity contribution is -0.210. The number of hydrogen-bond acceptors (Lipinski definition) is 5. The van der Waals surface area contributed by atoms with Crippen LogP contribution in [0.4, 0.5) is 28.4 Å². The van der Waals surface area contributed by atoms with E-state index in [2.05, 4.69) is 10.6 Å². The van der Waals surface area contributed by atoms with E-state index in [1.807, 2.05) is 0 Å². The first kappa shape index (κ1) is 21.4. The Morgan fingerprint density at radius 3 is 2.53 bits per heavy atom. The third kappa shape index (κ3) is 3.31. The van der Waals surface area contributed by atoms with Gasteiger partial charge in [0, 0.05) is 31.6 Å². The topological polar surface area (TPSA) is 108 Å². The van der Waals surface area contributed by atoms with Crippen molar-refractivity contribution < 1.29 is 37.1 Å². The summed E-state index contributed by atoms with van der Waals surface area (Å²) in [6.07, 6.45) is -5.94. The molecule has 1 spiro atoms. The molecule has 162 valence electrons. The first-order valence-corrected chi connectivity index (χ1v) is 8.98. The normalized spacial score (nSPS) is 21.3. The van der Waals surface area contributed by atoms with Crippen molar-refractivity contribution in [1.82, 2.24) is 15.3 Å². The highest BCUT2D eigenvalue weighted by Gasteiger charge is 2.62. The number of amides is 5. The third-order valence-electron chi connectivity index (χ3n) is 5.12. The van der Waals surface area contributed by atoms with E-state index in [-0.39, 0.29) is 22.9 Å². The summed E-state index contributed by atoms with van der Waals surface area (Å²) >= 11 is 0. The molecule has 1 aliphatic heterocycles. The number of imide groups is 1. The number of hydrazine groups is 1. The summed E-state index contributed by atoms with van der Waals surface area (Å²) in [5.41, 5.74) is -0.509. The molecule has 1 aromatic carbocycles. The molecule has 1 fully saturated rings. The Labute approximate surface area is 169 Å². The van der Waals surface area contributed by atoms with E-state index >= 15 is 0 Å². The van der Waals surface area contributed by atoms with Crippen molar-refractivity contribution in [2.45, 2.75) is 44.5 Å². The number of benzene rings is 1. The van der Waals surface area contributed by atoms with Crippen LogP contribution in [0.5, 0.6) is 0 Å². The lowest BCUT2D eigenvalue weighted by Gasteiger charge is -2.33. The average molecular weight is 428 g/mol. The van der Waals surface area contributed by atoms with E-state index < -0.39 is 41.8 Å². The quantitative estimate of drug-likeness (QED) is 0.768. The average Bonchev–Trinajstić information content (AvgIpc) is 3.13. The van der Waals surface area contributed by atoms with Crippen LogP contribution in [0.15, 0.2) is 18.2 Å². The summed E-state index contributed by atoms with van der Waals surface area (Å²) in [5, 5.41) is 5.15. The predicted molar refractivity (Wildman–Crippen MR) is 95.9 cm³/mol. The third-order valence-corrected chi connectivity index (χ3v) is 5.12. The Morgan fingerprint density at radius 1 is 1.30 bits per heavy atom. The van der Waals surface area contributed by atoms with Gasteiger partial charge in [-0.15, -0.1) is 5.01 Å². The SMILES string of the molecule is CNC(=O)Nc1ccc2c(c1)CC[C@@]21OC(=O)N(N(C(C)=O)[C@@H](C)C(F)(F)F)C1=O. The number of carbonyl (C=O) groups excluding carboxylic acids is 4. The van der Waals surface area contributed by atoms with Gasteiger partial charge in [0.25, 0.3) is 5.91 Å². The number of fused-ring (bicyclic) bond motifs is 2. The number of rotatable bonds is 3. The van der Waals surface area contributed by atoms with Crippen molar-refractivity contribution in [2.75, 3.05) is 12.4 Å². The molecule has 0 bridgehead atoms. The second-order valence-electron chi connectivity index (χ2n) is 6.97. The van der Waals surface area contributed by atoms with Crippen LogP contribution >= 0.6 is 0 Å². The molecular weight excluding hydrogens is 409 g/mol. The van der Waals surface area contributed by atoms with E-state index in [0.717, 1.165) is 6.92 Å². The molecule has 0 saturated carbocycles. The number of aryl methyl sites for hydroxylation is 1. The lowest BCUT2D eigenvalue weighted by Crippen LogP contribution is -2.58. The van der Waals surface area contributed by atoms with Gasteiger partial charge in [0.15, 0.2) is 0 Å². The van der Waals surface area contributed by atoms with E-state index in [1.165, 1.54) is 19.2 Å². The number of urea groups is 1. The van der Waals surface area contributed by atoms with Crippen LogP contribution in [-0.4, -0.2) is 53.2 Å². The van der Waals surface area contributed by atoms with Gasteiger partial charge < -0.3 is 15.4 Å². The molecule has 0 aromatic heterocycles. The molecule has 5 amide bonds. The maximum atomic E-state index is 13.2. The van der Waals surface area contributed by atoms with Crippen molar-refractivity contribution in [3.63, 3.8) is 0 Å². The Hall–Kier alpha value is -3.31. The van der Waals surface area contributed by atoms with Crippen molar-refractivity contribution in [2.24, 2.45) is 0 Å². The molecule has 0 radical (unpaired) electrons. The molecule has 2 atom stereocenters. The number of halogens is 3. The lowest BCUT2D eigenvalue weighted by atomic mass is 9.95. The number of hydrogen-bond donors (Lipinski definition) is 2. The van der Waals surface area contributed by atoms with E-state index in [1.54, 1.807) is 6.07 Å². The summed E-state index contributed by atoms with van der Waals surface area (Å²) in [7, 11) is 1.44. The molecule has 1 aliphatic carbocycles. The zero-order valence-electron chi connectivity index (χ0n) is 16.3. The summed E-state index contributed by atoms with van der Waals surface area (Å²) in [4.78, 5) is 49.0. The summed E-state index contributed by atoms with van der Waals surface area (Å²) in [6.45, 7) is 1.50. The van der Waals surface area contributed by atoms with Crippen LogP contribution in [0.2, 0.25) is 0 Å². The number of alkyl halides is 3. The zero-order chi connectivity index (χ0) is 22.4. The van der Waals surface area contributed by atoms with Gasteiger partial charge in [-0.25, -0.2) is 14.6 Å². The minimum Gasteiger partial charge on any atom is -0.426 e. The minimum absolute atomic E-state index is 0.00101. The fraction of sp³-hybridized carbons (Fsp3) is 0.444. The Balaban J connectivity index is 1.97. The Morgan fingerprint density at radius 2 is 1.97 bits per heavy atom. The molecule has 2 aliphatic rings. The fourth-order valence-electron chi connectivity index (χ4n) is 3.64. The predicted octanol–water partition coefficient (Wildman–Crippen LogP) is 2.27. The first-order valence-electron chi connectivity index (χ1n) is 8.98. The van der Waals surface area contributed by atoms with Gasteiger partial charge in [0.1, 0.15) is 6.04 Å². The standard InChI is InChI=1S/C18H19F3N4O5/c1-9(18(19,20)21)24(10(2)26)25-14(27)17(30-16(25)29)7-6-11-8-12(4-5-13(11)17)23-15(28)22-3/h4-5,8-9H,6-7H2,1-3H3,(H2,22,23,28)/t9-,17+/m0/s1. The van der Waals surface area contributed by atoms with Crippen molar-refractivity contribution >= 4 is 29.6 Å². The van der Waals surface area contributed by atoms with Crippen LogP contribution in [0, 0.1) is 0 Å². The van der Waals surface area contributed by atoms with Crippen molar-refractivity contribution in [1.29, 1.82) is 0 Å². The first-order chi connectivity index (χ1) is 13.9.